The molecule has 0 aliphatic carbocycles. The number of rotatable bonds is 5. The highest BCUT2D eigenvalue weighted by Gasteiger charge is 2.17. The summed E-state index contributed by atoms with van der Waals surface area (Å²) in [6, 6.07) is 10.8. The van der Waals surface area contributed by atoms with Gasteiger partial charge in [-0.25, -0.2) is 0 Å². The Hall–Kier alpha value is -2.25. The number of anilines is 1. The molecule has 2 rings (SSSR count). The molecule has 1 unspecified atom stereocenters. The van der Waals surface area contributed by atoms with Gasteiger partial charge in [0.1, 0.15) is 6.10 Å². The van der Waals surface area contributed by atoms with Crippen LogP contribution in [0.3, 0.4) is 0 Å². The molecule has 0 aliphatic heterocycles. The zero-order valence-electron chi connectivity index (χ0n) is 12.9. The Kier molecular flexibility index (Phi) is 5.84. The van der Waals surface area contributed by atoms with E-state index in [0.29, 0.717) is 11.4 Å². The second kappa shape index (κ2) is 7.85. The van der Waals surface area contributed by atoms with E-state index in [4.69, 9.17) is 0 Å². The van der Waals surface area contributed by atoms with Gasteiger partial charge in [-0.3, -0.25) is 9.59 Å². The van der Waals surface area contributed by atoms with Crippen LogP contribution in [-0.4, -0.2) is 34.3 Å². The highest BCUT2D eigenvalue weighted by Crippen LogP contribution is 2.24. The van der Waals surface area contributed by atoms with Gasteiger partial charge in [-0.2, -0.15) is 0 Å². The molecule has 0 aliphatic rings. The van der Waals surface area contributed by atoms with Gasteiger partial charge >= 0.3 is 11.8 Å². The third kappa shape index (κ3) is 4.37. The average Bonchev–Trinajstić information content (AvgIpc) is 2.98. The van der Waals surface area contributed by atoms with Crippen molar-refractivity contribution in [2.24, 2.45) is 7.05 Å². The van der Waals surface area contributed by atoms with Crippen molar-refractivity contribution in [2.45, 2.75) is 11.0 Å². The molecule has 23 heavy (non-hydrogen) atoms. The van der Waals surface area contributed by atoms with Crippen molar-refractivity contribution in [1.82, 2.24) is 9.88 Å². The summed E-state index contributed by atoms with van der Waals surface area (Å²) in [6.45, 7) is -0.0335. The SMILES string of the molecule is CSc1ccccc1NC(=O)C(=O)NCC(O)c1cccn1C. The first-order valence-electron chi connectivity index (χ1n) is 7.04. The maximum absolute atomic E-state index is 11.9. The average molecular weight is 333 g/mol. The molecule has 0 saturated carbocycles. The minimum absolute atomic E-state index is 0.0335. The van der Waals surface area contributed by atoms with Crippen LogP contribution in [-0.2, 0) is 16.6 Å². The quantitative estimate of drug-likeness (QED) is 0.572. The van der Waals surface area contributed by atoms with Gasteiger partial charge in [0.15, 0.2) is 0 Å². The van der Waals surface area contributed by atoms with Crippen molar-refractivity contribution < 1.29 is 14.7 Å². The zero-order chi connectivity index (χ0) is 16.8. The Bertz CT molecular complexity index is 699. The lowest BCUT2D eigenvalue weighted by Gasteiger charge is -2.13. The van der Waals surface area contributed by atoms with Crippen LogP contribution in [0.4, 0.5) is 5.69 Å². The van der Waals surface area contributed by atoms with Gasteiger partial charge < -0.3 is 20.3 Å². The van der Waals surface area contributed by atoms with Crippen molar-refractivity contribution in [2.75, 3.05) is 18.1 Å². The predicted molar refractivity (Wildman–Crippen MR) is 90.2 cm³/mol. The van der Waals surface area contributed by atoms with Crippen LogP contribution in [0.5, 0.6) is 0 Å². The lowest BCUT2D eigenvalue weighted by Crippen LogP contribution is -2.38. The maximum Gasteiger partial charge on any atom is 0.313 e. The van der Waals surface area contributed by atoms with Crippen LogP contribution in [0.15, 0.2) is 47.5 Å². The predicted octanol–water partition coefficient (Wildman–Crippen LogP) is 1.54. The number of amides is 2. The normalized spacial score (nSPS) is 11.8. The largest absolute Gasteiger partial charge is 0.385 e. The summed E-state index contributed by atoms with van der Waals surface area (Å²) in [7, 11) is 1.80. The van der Waals surface area contributed by atoms with Gasteiger partial charge in [0.25, 0.3) is 0 Å². The Morgan fingerprint density at radius 1 is 1.22 bits per heavy atom. The fourth-order valence-corrected chi connectivity index (χ4v) is 2.68. The van der Waals surface area contributed by atoms with E-state index in [9.17, 15) is 14.7 Å². The highest BCUT2D eigenvalue weighted by molar-refractivity contribution is 7.98. The smallest absolute Gasteiger partial charge is 0.313 e. The van der Waals surface area contributed by atoms with E-state index in [1.807, 2.05) is 18.4 Å². The molecule has 1 atom stereocenters. The number of hydrogen-bond donors (Lipinski definition) is 3. The number of para-hydroxylation sites is 1. The van der Waals surface area contributed by atoms with Crippen molar-refractivity contribution in [3.8, 4) is 0 Å². The van der Waals surface area contributed by atoms with E-state index < -0.39 is 17.9 Å². The first-order chi connectivity index (χ1) is 11.0. The van der Waals surface area contributed by atoms with E-state index >= 15 is 0 Å². The Balaban J connectivity index is 1.90. The molecule has 2 amide bonds. The van der Waals surface area contributed by atoms with Crippen molar-refractivity contribution in [1.29, 1.82) is 0 Å². The number of nitrogens with zero attached hydrogens (tertiary/aromatic N) is 1. The van der Waals surface area contributed by atoms with Crippen molar-refractivity contribution in [3.63, 3.8) is 0 Å². The third-order valence-electron chi connectivity index (χ3n) is 3.34. The van der Waals surface area contributed by atoms with Crippen LogP contribution in [0.1, 0.15) is 11.8 Å². The van der Waals surface area contributed by atoms with E-state index in [-0.39, 0.29) is 6.54 Å². The highest BCUT2D eigenvalue weighted by atomic mass is 32.2. The van der Waals surface area contributed by atoms with Gasteiger partial charge in [-0.05, 0) is 30.5 Å². The maximum atomic E-state index is 11.9. The zero-order valence-corrected chi connectivity index (χ0v) is 13.8. The number of carbonyl (C=O) groups is 2. The number of carbonyl (C=O) groups excluding carboxylic acids is 2. The first kappa shape index (κ1) is 17.1. The topological polar surface area (TPSA) is 83.4 Å². The monoisotopic (exact) mass is 333 g/mol. The number of aryl methyl sites for hydroxylation is 1. The Morgan fingerprint density at radius 3 is 2.61 bits per heavy atom. The second-order valence-corrected chi connectivity index (χ2v) is 5.77. The van der Waals surface area contributed by atoms with Crippen molar-refractivity contribution >= 4 is 29.3 Å². The number of aromatic nitrogens is 1. The Labute approximate surface area is 138 Å². The number of aliphatic hydroxyl groups is 1. The van der Waals surface area contributed by atoms with Gasteiger partial charge in [0.2, 0.25) is 0 Å². The minimum Gasteiger partial charge on any atom is -0.385 e. The molecule has 6 nitrogen and oxygen atoms in total. The summed E-state index contributed by atoms with van der Waals surface area (Å²) in [6.07, 6.45) is 2.82. The first-order valence-corrected chi connectivity index (χ1v) is 8.27. The van der Waals surface area contributed by atoms with Crippen LogP contribution >= 0.6 is 11.8 Å². The molecule has 1 heterocycles. The van der Waals surface area contributed by atoms with E-state index in [1.165, 1.54) is 11.8 Å². The Morgan fingerprint density at radius 2 is 1.96 bits per heavy atom. The molecule has 0 saturated heterocycles. The number of aliphatic hydroxyl groups excluding tert-OH is 1. The summed E-state index contributed by atoms with van der Waals surface area (Å²) in [5, 5.41) is 15.0. The van der Waals surface area contributed by atoms with Gasteiger partial charge in [-0.1, -0.05) is 12.1 Å². The van der Waals surface area contributed by atoms with Gasteiger partial charge in [0, 0.05) is 30.4 Å². The van der Waals surface area contributed by atoms with E-state index in [1.54, 1.807) is 42.1 Å². The molecule has 0 bridgehead atoms. The lowest BCUT2D eigenvalue weighted by atomic mass is 10.2. The summed E-state index contributed by atoms with van der Waals surface area (Å²) < 4.78 is 1.76. The summed E-state index contributed by atoms with van der Waals surface area (Å²) in [5.41, 5.74) is 1.25. The van der Waals surface area contributed by atoms with Crippen LogP contribution in [0.25, 0.3) is 0 Å². The molecule has 1 aromatic carbocycles. The van der Waals surface area contributed by atoms with Crippen LogP contribution in [0.2, 0.25) is 0 Å². The van der Waals surface area contributed by atoms with Gasteiger partial charge in [-0.15, -0.1) is 11.8 Å². The second-order valence-electron chi connectivity index (χ2n) is 4.92. The minimum atomic E-state index is -0.870. The van der Waals surface area contributed by atoms with Crippen molar-refractivity contribution in [3.05, 3.63) is 48.3 Å². The molecule has 0 fully saturated rings. The number of benzene rings is 1. The van der Waals surface area contributed by atoms with Gasteiger partial charge in [0.05, 0.1) is 5.69 Å². The molecular formula is C16H19N3O3S. The summed E-state index contributed by atoms with van der Waals surface area (Å²) >= 11 is 1.48. The van der Waals surface area contributed by atoms with Crippen LogP contribution < -0.4 is 10.6 Å². The van der Waals surface area contributed by atoms with E-state index in [0.717, 1.165) is 4.90 Å². The third-order valence-corrected chi connectivity index (χ3v) is 4.14. The molecular weight excluding hydrogens is 314 g/mol. The molecule has 1 aromatic heterocycles. The molecule has 122 valence electrons. The number of thioether (sulfide) groups is 1. The molecule has 0 radical (unpaired) electrons. The van der Waals surface area contributed by atoms with Crippen LogP contribution in [0, 0.1) is 0 Å². The molecule has 2 aromatic rings. The number of hydrogen-bond acceptors (Lipinski definition) is 4. The lowest BCUT2D eigenvalue weighted by molar-refractivity contribution is -0.136. The summed E-state index contributed by atoms with van der Waals surface area (Å²) in [4.78, 5) is 24.7. The fraction of sp³-hybridized carbons (Fsp3) is 0.250. The molecule has 0 spiro atoms. The standard InChI is InChI=1S/C16H19N3O3S/c1-19-9-5-7-12(19)13(20)10-17-15(21)16(22)18-11-6-3-4-8-14(11)23-2/h3-9,13,20H,10H2,1-2H3,(H,17,21)(H,18,22). The van der Waals surface area contributed by atoms with E-state index in [2.05, 4.69) is 10.6 Å². The molecule has 7 heteroatoms. The summed E-state index contributed by atoms with van der Waals surface area (Å²) in [5.74, 6) is -1.54. The number of nitrogens with one attached hydrogen (secondary N) is 2. The fourth-order valence-electron chi connectivity index (χ4n) is 2.12. The molecule has 3 N–H and O–H groups in total.